The molecule has 1 aliphatic heterocycles. The van der Waals surface area contributed by atoms with Crippen molar-refractivity contribution < 1.29 is 5.11 Å². The van der Waals surface area contributed by atoms with Crippen LogP contribution in [0.2, 0.25) is 5.15 Å². The van der Waals surface area contributed by atoms with Crippen LogP contribution in [0.4, 0.5) is 5.95 Å². The Bertz CT molecular complexity index is 288. The van der Waals surface area contributed by atoms with Crippen molar-refractivity contribution in [3.05, 3.63) is 17.4 Å². The first-order valence-corrected chi connectivity index (χ1v) is 4.05. The van der Waals surface area contributed by atoms with Gasteiger partial charge in [0.25, 0.3) is 0 Å². The molecule has 0 radical (unpaired) electrons. The van der Waals surface area contributed by atoms with E-state index in [0.29, 0.717) is 24.2 Å². The monoisotopic (exact) mass is 185 g/mol. The van der Waals surface area contributed by atoms with Crippen molar-refractivity contribution in [2.45, 2.75) is 6.10 Å². The molecule has 0 atom stereocenters. The Labute approximate surface area is 74.8 Å². The summed E-state index contributed by atoms with van der Waals surface area (Å²) in [6, 6.07) is 1.63. The van der Waals surface area contributed by atoms with Crippen molar-refractivity contribution in [1.29, 1.82) is 0 Å². The van der Waals surface area contributed by atoms with Crippen LogP contribution < -0.4 is 4.90 Å². The van der Waals surface area contributed by atoms with Crippen LogP contribution in [-0.2, 0) is 0 Å². The molecule has 0 spiro atoms. The Morgan fingerprint density at radius 2 is 2.33 bits per heavy atom. The zero-order valence-corrected chi connectivity index (χ0v) is 7.07. The van der Waals surface area contributed by atoms with Gasteiger partial charge in [-0.3, -0.25) is 0 Å². The average Bonchev–Trinajstić information content (AvgIpc) is 1.99. The fourth-order valence-electron chi connectivity index (χ4n) is 1.10. The summed E-state index contributed by atoms with van der Waals surface area (Å²) in [5.74, 6) is 0.591. The summed E-state index contributed by atoms with van der Waals surface area (Å²) < 4.78 is 0. The van der Waals surface area contributed by atoms with Gasteiger partial charge in [0.1, 0.15) is 5.15 Å². The summed E-state index contributed by atoms with van der Waals surface area (Å²) in [4.78, 5) is 9.89. The maximum Gasteiger partial charge on any atom is 0.226 e. The maximum absolute atomic E-state index is 9.02. The van der Waals surface area contributed by atoms with Gasteiger partial charge in [0.15, 0.2) is 0 Å². The fourth-order valence-corrected chi connectivity index (χ4v) is 1.23. The molecule has 12 heavy (non-hydrogen) atoms. The molecule has 0 saturated carbocycles. The van der Waals surface area contributed by atoms with E-state index >= 15 is 0 Å². The summed E-state index contributed by atoms with van der Waals surface area (Å²) in [7, 11) is 0. The molecule has 2 rings (SSSR count). The number of β-amino-alcohol motifs (C(OH)–C–C–N with tert-alkyl or cyclic N) is 1. The van der Waals surface area contributed by atoms with Crippen LogP contribution in [-0.4, -0.2) is 34.3 Å². The van der Waals surface area contributed by atoms with Crippen molar-refractivity contribution in [2.75, 3.05) is 18.0 Å². The van der Waals surface area contributed by atoms with Crippen LogP contribution in [0.3, 0.4) is 0 Å². The van der Waals surface area contributed by atoms with Gasteiger partial charge in [-0.1, -0.05) is 11.6 Å². The highest BCUT2D eigenvalue weighted by Crippen LogP contribution is 2.16. The highest BCUT2D eigenvalue weighted by atomic mass is 35.5. The Kier molecular flexibility index (Phi) is 1.86. The van der Waals surface area contributed by atoms with Gasteiger partial charge >= 0.3 is 0 Å². The van der Waals surface area contributed by atoms with E-state index in [-0.39, 0.29) is 6.10 Å². The first kappa shape index (κ1) is 7.76. The lowest BCUT2D eigenvalue weighted by Gasteiger charge is -2.35. The minimum atomic E-state index is -0.243. The molecule has 0 bridgehead atoms. The summed E-state index contributed by atoms with van der Waals surface area (Å²) in [5.41, 5.74) is 0. The second kappa shape index (κ2) is 2.88. The van der Waals surface area contributed by atoms with Gasteiger partial charge in [-0.2, -0.15) is 0 Å². The van der Waals surface area contributed by atoms with E-state index in [0.717, 1.165) is 0 Å². The highest BCUT2D eigenvalue weighted by molar-refractivity contribution is 6.29. The number of rotatable bonds is 1. The first-order chi connectivity index (χ1) is 5.75. The number of halogens is 1. The topological polar surface area (TPSA) is 49.2 Å². The number of nitrogens with zero attached hydrogens (tertiary/aromatic N) is 3. The highest BCUT2D eigenvalue weighted by Gasteiger charge is 2.26. The molecule has 1 aliphatic rings. The predicted molar refractivity (Wildman–Crippen MR) is 45.3 cm³/mol. The van der Waals surface area contributed by atoms with Gasteiger partial charge in [-0.05, 0) is 6.07 Å². The lowest BCUT2D eigenvalue weighted by molar-refractivity contribution is 0.140. The molecule has 1 aromatic heterocycles. The Balaban J connectivity index is 2.13. The Hall–Kier alpha value is -0.870. The van der Waals surface area contributed by atoms with Gasteiger partial charge in [-0.15, -0.1) is 0 Å². The Morgan fingerprint density at radius 1 is 1.58 bits per heavy atom. The van der Waals surface area contributed by atoms with Crippen molar-refractivity contribution in [3.63, 3.8) is 0 Å². The van der Waals surface area contributed by atoms with Crippen LogP contribution in [0.25, 0.3) is 0 Å². The molecular formula is C7H8ClN3O. The third-order valence-corrected chi connectivity index (χ3v) is 1.96. The molecule has 1 N–H and O–H groups in total. The lowest BCUT2D eigenvalue weighted by atomic mass is 10.2. The lowest BCUT2D eigenvalue weighted by Crippen LogP contribution is -2.51. The van der Waals surface area contributed by atoms with Crippen LogP contribution >= 0.6 is 11.6 Å². The van der Waals surface area contributed by atoms with Gasteiger partial charge in [-0.25, -0.2) is 9.97 Å². The summed E-state index contributed by atoms with van der Waals surface area (Å²) >= 11 is 5.67. The van der Waals surface area contributed by atoms with Crippen molar-refractivity contribution in [1.82, 2.24) is 9.97 Å². The van der Waals surface area contributed by atoms with E-state index in [2.05, 4.69) is 9.97 Å². The van der Waals surface area contributed by atoms with E-state index in [1.54, 1.807) is 12.3 Å². The molecule has 0 aliphatic carbocycles. The smallest absolute Gasteiger partial charge is 0.226 e. The zero-order valence-electron chi connectivity index (χ0n) is 6.31. The van der Waals surface area contributed by atoms with Crippen LogP contribution in [0.1, 0.15) is 0 Å². The Morgan fingerprint density at radius 3 is 2.92 bits per heavy atom. The van der Waals surface area contributed by atoms with Gasteiger partial charge in [0.2, 0.25) is 5.95 Å². The minimum Gasteiger partial charge on any atom is -0.389 e. The number of aromatic nitrogens is 2. The number of aliphatic hydroxyl groups is 1. The largest absolute Gasteiger partial charge is 0.389 e. The standard InChI is InChI=1S/C7H8ClN3O/c8-6-1-2-9-7(10-6)11-3-5(12)4-11/h1-2,5,12H,3-4H2. The van der Waals surface area contributed by atoms with E-state index in [1.165, 1.54) is 0 Å². The average molecular weight is 186 g/mol. The molecule has 0 aromatic carbocycles. The van der Waals surface area contributed by atoms with E-state index < -0.39 is 0 Å². The van der Waals surface area contributed by atoms with E-state index in [1.807, 2.05) is 4.90 Å². The number of hydrogen-bond acceptors (Lipinski definition) is 4. The predicted octanol–water partition coefficient (Wildman–Crippen LogP) is 0.311. The number of hydrogen-bond donors (Lipinski definition) is 1. The summed E-state index contributed by atoms with van der Waals surface area (Å²) in [5, 5.41) is 9.45. The third kappa shape index (κ3) is 1.35. The first-order valence-electron chi connectivity index (χ1n) is 3.67. The molecule has 1 aromatic rings. The quantitative estimate of drug-likeness (QED) is 0.640. The van der Waals surface area contributed by atoms with Crippen molar-refractivity contribution in [3.8, 4) is 0 Å². The van der Waals surface area contributed by atoms with Gasteiger partial charge < -0.3 is 10.0 Å². The maximum atomic E-state index is 9.02. The SMILES string of the molecule is OC1CN(c2nccc(Cl)n2)C1. The molecular weight excluding hydrogens is 178 g/mol. The molecule has 1 saturated heterocycles. The van der Waals surface area contributed by atoms with Crippen molar-refractivity contribution >= 4 is 17.5 Å². The number of aliphatic hydroxyl groups excluding tert-OH is 1. The normalized spacial score (nSPS) is 17.7. The summed E-state index contributed by atoms with van der Waals surface area (Å²) in [6.45, 7) is 1.20. The molecule has 0 amide bonds. The van der Waals surface area contributed by atoms with E-state index in [4.69, 9.17) is 16.7 Å². The molecule has 1 fully saturated rings. The molecule has 5 heteroatoms. The summed E-state index contributed by atoms with van der Waals surface area (Å²) in [6.07, 6.45) is 1.36. The molecule has 64 valence electrons. The fraction of sp³-hybridized carbons (Fsp3) is 0.429. The van der Waals surface area contributed by atoms with Crippen LogP contribution in [0, 0.1) is 0 Å². The van der Waals surface area contributed by atoms with E-state index in [9.17, 15) is 0 Å². The third-order valence-electron chi connectivity index (χ3n) is 1.75. The second-order valence-corrected chi connectivity index (χ2v) is 3.13. The minimum absolute atomic E-state index is 0.243. The second-order valence-electron chi connectivity index (χ2n) is 2.74. The number of anilines is 1. The van der Waals surface area contributed by atoms with Crippen molar-refractivity contribution in [2.24, 2.45) is 0 Å². The van der Waals surface area contributed by atoms with Gasteiger partial charge in [0, 0.05) is 19.3 Å². The van der Waals surface area contributed by atoms with Crippen LogP contribution in [0.5, 0.6) is 0 Å². The van der Waals surface area contributed by atoms with Gasteiger partial charge in [0.05, 0.1) is 6.10 Å². The molecule has 2 heterocycles. The molecule has 0 unspecified atom stereocenters. The zero-order chi connectivity index (χ0) is 8.55. The molecule has 4 nitrogen and oxygen atoms in total. The van der Waals surface area contributed by atoms with Crippen LogP contribution in [0.15, 0.2) is 12.3 Å².